The molecule has 1 aliphatic heterocycles. The van der Waals surface area contributed by atoms with Gasteiger partial charge in [-0.25, -0.2) is 0 Å². The first-order chi connectivity index (χ1) is 9.47. The van der Waals surface area contributed by atoms with Crippen molar-refractivity contribution in [3.63, 3.8) is 0 Å². The molecule has 1 aromatic carbocycles. The van der Waals surface area contributed by atoms with Crippen molar-refractivity contribution in [2.24, 2.45) is 0 Å². The fourth-order valence-corrected chi connectivity index (χ4v) is 1.89. The predicted octanol–water partition coefficient (Wildman–Crippen LogP) is 1.31. The Morgan fingerprint density at radius 1 is 1.45 bits per heavy atom. The lowest BCUT2D eigenvalue weighted by Gasteiger charge is -2.22. The zero-order valence-electron chi connectivity index (χ0n) is 10.7. The number of benzene rings is 1. The molecule has 1 aromatic rings. The van der Waals surface area contributed by atoms with E-state index in [1.807, 2.05) is 0 Å². The van der Waals surface area contributed by atoms with Gasteiger partial charge in [-0.15, -0.1) is 0 Å². The number of nitrogens with one attached hydrogen (secondary N) is 2. The van der Waals surface area contributed by atoms with Crippen molar-refractivity contribution in [1.29, 1.82) is 0 Å². The van der Waals surface area contributed by atoms with Crippen LogP contribution in [0.25, 0.3) is 0 Å². The second-order valence-electron chi connectivity index (χ2n) is 4.48. The van der Waals surface area contributed by atoms with Gasteiger partial charge in [0, 0.05) is 19.6 Å². The highest BCUT2D eigenvalue weighted by atomic mass is 19.4. The second kappa shape index (κ2) is 6.23. The molecule has 2 N–H and O–H groups in total. The van der Waals surface area contributed by atoms with E-state index in [2.05, 4.69) is 10.6 Å². The number of halogens is 3. The number of alkyl halides is 3. The number of carbonyl (C=O) groups is 1. The summed E-state index contributed by atoms with van der Waals surface area (Å²) in [6.07, 6.45) is -4.97. The molecule has 0 spiro atoms. The van der Waals surface area contributed by atoms with E-state index in [0.717, 1.165) is 12.1 Å². The van der Waals surface area contributed by atoms with Crippen molar-refractivity contribution in [3.8, 4) is 0 Å². The highest BCUT2D eigenvalue weighted by molar-refractivity contribution is 5.81. The Morgan fingerprint density at radius 3 is 2.90 bits per heavy atom. The van der Waals surface area contributed by atoms with Crippen LogP contribution < -0.4 is 10.6 Å². The summed E-state index contributed by atoms with van der Waals surface area (Å²) in [4.78, 5) is 11.8. The molecule has 2 rings (SSSR count). The third kappa shape index (κ3) is 3.94. The fraction of sp³-hybridized carbons (Fsp3) is 0.462. The van der Waals surface area contributed by atoms with Gasteiger partial charge in [-0.2, -0.15) is 13.2 Å². The van der Waals surface area contributed by atoms with Crippen LogP contribution in [0.5, 0.6) is 0 Å². The number of rotatable bonds is 3. The van der Waals surface area contributed by atoms with Crippen LogP contribution in [0.2, 0.25) is 0 Å². The van der Waals surface area contributed by atoms with Gasteiger partial charge >= 0.3 is 6.18 Å². The van der Waals surface area contributed by atoms with Gasteiger partial charge < -0.3 is 15.4 Å². The summed E-state index contributed by atoms with van der Waals surface area (Å²) in [6.45, 7) is 1.59. The standard InChI is InChI=1S/C13H15F3N2O2/c14-13(15,16)10-3-1-2-9(6-10)7-18-12(19)11-8-17-4-5-20-11/h1-3,6,11,17H,4-5,7-8H2,(H,18,19). The molecule has 1 atom stereocenters. The highest BCUT2D eigenvalue weighted by Crippen LogP contribution is 2.29. The van der Waals surface area contributed by atoms with Gasteiger partial charge in [-0.1, -0.05) is 12.1 Å². The normalized spacial score (nSPS) is 19.6. The van der Waals surface area contributed by atoms with Crippen molar-refractivity contribution in [1.82, 2.24) is 10.6 Å². The van der Waals surface area contributed by atoms with Crippen molar-refractivity contribution < 1.29 is 22.7 Å². The Kier molecular flexibility index (Phi) is 4.61. The summed E-state index contributed by atoms with van der Waals surface area (Å²) in [6, 6.07) is 4.89. The monoisotopic (exact) mass is 288 g/mol. The first-order valence-electron chi connectivity index (χ1n) is 6.23. The van der Waals surface area contributed by atoms with Crippen LogP contribution in [0.3, 0.4) is 0 Å². The maximum absolute atomic E-state index is 12.5. The molecule has 20 heavy (non-hydrogen) atoms. The van der Waals surface area contributed by atoms with Crippen LogP contribution in [0.15, 0.2) is 24.3 Å². The lowest BCUT2D eigenvalue weighted by Crippen LogP contribution is -2.47. The van der Waals surface area contributed by atoms with Gasteiger partial charge in [0.1, 0.15) is 6.10 Å². The minimum Gasteiger partial charge on any atom is -0.366 e. The molecule has 0 aromatic heterocycles. The van der Waals surface area contributed by atoms with E-state index in [9.17, 15) is 18.0 Å². The number of ether oxygens (including phenoxy) is 1. The van der Waals surface area contributed by atoms with E-state index >= 15 is 0 Å². The summed E-state index contributed by atoms with van der Waals surface area (Å²) in [7, 11) is 0. The molecular formula is C13H15F3N2O2. The van der Waals surface area contributed by atoms with Crippen molar-refractivity contribution in [2.45, 2.75) is 18.8 Å². The van der Waals surface area contributed by atoms with E-state index < -0.39 is 17.8 Å². The van der Waals surface area contributed by atoms with E-state index in [0.29, 0.717) is 25.3 Å². The molecule has 1 unspecified atom stereocenters. The van der Waals surface area contributed by atoms with Crippen molar-refractivity contribution in [3.05, 3.63) is 35.4 Å². The first kappa shape index (κ1) is 14.8. The zero-order valence-corrected chi connectivity index (χ0v) is 10.7. The van der Waals surface area contributed by atoms with Crippen LogP contribution in [0.1, 0.15) is 11.1 Å². The Labute approximate surface area is 114 Å². The van der Waals surface area contributed by atoms with Gasteiger partial charge in [-0.3, -0.25) is 4.79 Å². The van der Waals surface area contributed by atoms with E-state index in [1.165, 1.54) is 12.1 Å². The lowest BCUT2D eigenvalue weighted by molar-refractivity contribution is -0.137. The molecule has 1 aliphatic rings. The number of carbonyl (C=O) groups excluding carboxylic acids is 1. The van der Waals surface area contributed by atoms with E-state index in [-0.39, 0.29) is 12.5 Å². The Hall–Kier alpha value is -1.60. The topological polar surface area (TPSA) is 50.4 Å². The first-order valence-corrected chi connectivity index (χ1v) is 6.23. The Morgan fingerprint density at radius 2 is 2.25 bits per heavy atom. The molecule has 0 saturated carbocycles. The molecule has 0 bridgehead atoms. The summed E-state index contributed by atoms with van der Waals surface area (Å²) < 4.78 is 42.9. The summed E-state index contributed by atoms with van der Waals surface area (Å²) in [5.41, 5.74) is -0.322. The van der Waals surface area contributed by atoms with Gasteiger partial charge in [0.2, 0.25) is 0 Å². The number of hydrogen-bond acceptors (Lipinski definition) is 3. The van der Waals surface area contributed by atoms with Gasteiger partial charge in [0.05, 0.1) is 12.2 Å². The third-order valence-corrected chi connectivity index (χ3v) is 2.94. The highest BCUT2D eigenvalue weighted by Gasteiger charge is 2.30. The summed E-state index contributed by atoms with van der Waals surface area (Å²) in [5, 5.41) is 5.58. The SMILES string of the molecule is O=C(NCc1cccc(C(F)(F)F)c1)C1CNCCO1. The average Bonchev–Trinajstić information content (AvgIpc) is 2.45. The fourth-order valence-electron chi connectivity index (χ4n) is 1.89. The zero-order chi connectivity index (χ0) is 14.6. The van der Waals surface area contributed by atoms with E-state index in [4.69, 9.17) is 4.74 Å². The number of hydrogen-bond donors (Lipinski definition) is 2. The maximum Gasteiger partial charge on any atom is 0.416 e. The number of amides is 1. The smallest absolute Gasteiger partial charge is 0.366 e. The summed E-state index contributed by atoms with van der Waals surface area (Å²) in [5.74, 6) is -0.324. The number of morpholine rings is 1. The van der Waals surface area contributed by atoms with Gasteiger partial charge in [0.15, 0.2) is 0 Å². The second-order valence-corrected chi connectivity index (χ2v) is 4.48. The Bertz CT molecular complexity index is 471. The molecule has 0 radical (unpaired) electrons. The molecule has 7 heteroatoms. The largest absolute Gasteiger partial charge is 0.416 e. The molecule has 0 aliphatic carbocycles. The van der Waals surface area contributed by atoms with Crippen LogP contribution >= 0.6 is 0 Å². The average molecular weight is 288 g/mol. The molecule has 1 fully saturated rings. The molecule has 1 amide bonds. The molecular weight excluding hydrogens is 273 g/mol. The van der Waals surface area contributed by atoms with Crippen molar-refractivity contribution >= 4 is 5.91 Å². The van der Waals surface area contributed by atoms with Crippen LogP contribution in [-0.4, -0.2) is 31.7 Å². The van der Waals surface area contributed by atoms with Gasteiger partial charge in [-0.05, 0) is 17.7 Å². The summed E-state index contributed by atoms with van der Waals surface area (Å²) >= 11 is 0. The molecule has 1 heterocycles. The molecule has 110 valence electrons. The van der Waals surface area contributed by atoms with Crippen molar-refractivity contribution in [2.75, 3.05) is 19.7 Å². The van der Waals surface area contributed by atoms with E-state index in [1.54, 1.807) is 0 Å². The minimum atomic E-state index is -4.38. The molecule has 1 saturated heterocycles. The minimum absolute atomic E-state index is 0.0443. The third-order valence-electron chi connectivity index (χ3n) is 2.94. The molecule has 4 nitrogen and oxygen atoms in total. The van der Waals surface area contributed by atoms with Gasteiger partial charge in [0.25, 0.3) is 5.91 Å². The lowest BCUT2D eigenvalue weighted by atomic mass is 10.1. The van der Waals surface area contributed by atoms with Crippen LogP contribution in [-0.2, 0) is 22.3 Å². The maximum atomic E-state index is 12.5. The van der Waals surface area contributed by atoms with Crippen LogP contribution in [0, 0.1) is 0 Å². The Balaban J connectivity index is 1.92. The quantitative estimate of drug-likeness (QED) is 0.881. The predicted molar refractivity (Wildman–Crippen MR) is 65.9 cm³/mol. The van der Waals surface area contributed by atoms with Crippen LogP contribution in [0.4, 0.5) is 13.2 Å².